The van der Waals surface area contributed by atoms with Crippen molar-refractivity contribution < 1.29 is 22.8 Å². The monoisotopic (exact) mass is 432 g/mol. The second-order valence-corrected chi connectivity index (χ2v) is 9.28. The van der Waals surface area contributed by atoms with Crippen molar-refractivity contribution in [3.8, 4) is 0 Å². The highest BCUT2D eigenvalue weighted by atomic mass is 32.2. The number of carbonyl (C=O) groups is 3. The number of ketones is 1. The molecule has 0 saturated carbocycles. The Morgan fingerprint density at radius 1 is 1.10 bits per heavy atom. The van der Waals surface area contributed by atoms with Gasteiger partial charge < -0.3 is 15.6 Å². The SMILES string of the molecule is CC(=O)c1ccc(NC(=O)C2CCN(S(=O)(=O)c3cc(C(N)=O)n(C)c3)CC2)cc1. The van der Waals surface area contributed by atoms with Gasteiger partial charge in [0.2, 0.25) is 15.9 Å². The first-order valence-corrected chi connectivity index (χ1v) is 10.9. The Morgan fingerprint density at radius 2 is 1.70 bits per heavy atom. The molecule has 3 rings (SSSR count). The summed E-state index contributed by atoms with van der Waals surface area (Å²) >= 11 is 0. The molecule has 1 aliphatic heterocycles. The summed E-state index contributed by atoms with van der Waals surface area (Å²) in [6, 6.07) is 7.89. The van der Waals surface area contributed by atoms with Crippen LogP contribution in [-0.4, -0.2) is 48.0 Å². The topological polar surface area (TPSA) is 132 Å². The number of nitrogens with one attached hydrogen (secondary N) is 1. The lowest BCUT2D eigenvalue weighted by atomic mass is 9.97. The third-order valence-electron chi connectivity index (χ3n) is 5.25. The minimum atomic E-state index is -3.78. The van der Waals surface area contributed by atoms with E-state index in [0.717, 1.165) is 0 Å². The quantitative estimate of drug-likeness (QED) is 0.666. The average molecular weight is 433 g/mol. The normalized spacial score (nSPS) is 15.7. The molecular formula is C20H24N4O5S. The summed E-state index contributed by atoms with van der Waals surface area (Å²) < 4.78 is 28.4. The molecular weight excluding hydrogens is 408 g/mol. The smallest absolute Gasteiger partial charge is 0.265 e. The summed E-state index contributed by atoms with van der Waals surface area (Å²) in [6.45, 7) is 1.87. The van der Waals surface area contributed by atoms with Crippen LogP contribution in [0.4, 0.5) is 5.69 Å². The van der Waals surface area contributed by atoms with E-state index in [9.17, 15) is 22.8 Å². The van der Waals surface area contributed by atoms with Gasteiger partial charge in [-0.25, -0.2) is 8.42 Å². The number of aromatic nitrogens is 1. The van der Waals surface area contributed by atoms with Gasteiger partial charge in [0, 0.05) is 43.5 Å². The van der Waals surface area contributed by atoms with Crippen LogP contribution in [0.1, 0.15) is 40.6 Å². The van der Waals surface area contributed by atoms with Crippen molar-refractivity contribution in [3.05, 3.63) is 47.8 Å². The Balaban J connectivity index is 1.62. The van der Waals surface area contributed by atoms with E-state index in [1.165, 1.54) is 28.1 Å². The standard InChI is InChI=1S/C20H24N4O5S/c1-13(25)14-3-5-16(6-4-14)22-20(27)15-7-9-24(10-8-15)30(28,29)17-11-18(19(21)26)23(2)12-17/h3-6,11-12,15H,7-10H2,1-2H3,(H2,21,26)(H,22,27). The number of anilines is 1. The van der Waals surface area contributed by atoms with Gasteiger partial charge in [-0.2, -0.15) is 4.31 Å². The van der Waals surface area contributed by atoms with Crippen molar-refractivity contribution >= 4 is 33.3 Å². The number of Topliss-reactive ketones (excluding diaryl/α,β-unsaturated/α-hetero) is 1. The predicted molar refractivity (Wildman–Crippen MR) is 110 cm³/mol. The minimum Gasteiger partial charge on any atom is -0.364 e. The molecule has 0 spiro atoms. The second-order valence-electron chi connectivity index (χ2n) is 7.34. The van der Waals surface area contributed by atoms with Gasteiger partial charge in [-0.05, 0) is 50.1 Å². The number of amides is 2. The zero-order chi connectivity index (χ0) is 22.1. The number of benzene rings is 1. The van der Waals surface area contributed by atoms with Crippen LogP contribution in [0.3, 0.4) is 0 Å². The maximum absolute atomic E-state index is 12.9. The molecule has 9 nitrogen and oxygen atoms in total. The van der Waals surface area contributed by atoms with Crippen LogP contribution in [0.25, 0.3) is 0 Å². The molecule has 10 heteroatoms. The van der Waals surface area contributed by atoms with Crippen LogP contribution in [0, 0.1) is 5.92 Å². The molecule has 1 aliphatic rings. The van der Waals surface area contributed by atoms with E-state index in [0.29, 0.717) is 24.1 Å². The molecule has 1 aromatic heterocycles. The first kappa shape index (κ1) is 21.7. The molecule has 2 heterocycles. The van der Waals surface area contributed by atoms with Crippen LogP contribution in [0.5, 0.6) is 0 Å². The number of nitrogens with zero attached hydrogens (tertiary/aromatic N) is 2. The van der Waals surface area contributed by atoms with Crippen molar-refractivity contribution in [2.24, 2.45) is 18.7 Å². The molecule has 1 aromatic carbocycles. The third kappa shape index (κ3) is 4.44. The van der Waals surface area contributed by atoms with Crippen LogP contribution in [0.15, 0.2) is 41.4 Å². The molecule has 0 radical (unpaired) electrons. The molecule has 1 saturated heterocycles. The van der Waals surface area contributed by atoms with Crippen molar-refractivity contribution in [3.63, 3.8) is 0 Å². The summed E-state index contributed by atoms with van der Waals surface area (Å²) in [5.41, 5.74) is 6.52. The highest BCUT2D eigenvalue weighted by Crippen LogP contribution is 2.26. The Kier molecular flexibility index (Phi) is 6.09. The van der Waals surface area contributed by atoms with Gasteiger partial charge in [-0.1, -0.05) is 0 Å². The molecule has 0 bridgehead atoms. The van der Waals surface area contributed by atoms with Gasteiger partial charge in [0.05, 0.1) is 0 Å². The van der Waals surface area contributed by atoms with Gasteiger partial charge in [-0.15, -0.1) is 0 Å². The number of hydrogen-bond acceptors (Lipinski definition) is 5. The molecule has 30 heavy (non-hydrogen) atoms. The number of sulfonamides is 1. The van der Waals surface area contributed by atoms with E-state index >= 15 is 0 Å². The zero-order valence-electron chi connectivity index (χ0n) is 16.8. The lowest BCUT2D eigenvalue weighted by Gasteiger charge is -2.30. The van der Waals surface area contributed by atoms with Gasteiger partial charge >= 0.3 is 0 Å². The fraction of sp³-hybridized carbons (Fsp3) is 0.350. The zero-order valence-corrected chi connectivity index (χ0v) is 17.6. The molecule has 1 fully saturated rings. The van der Waals surface area contributed by atoms with E-state index in [2.05, 4.69) is 5.32 Å². The van der Waals surface area contributed by atoms with Crippen LogP contribution >= 0.6 is 0 Å². The Hall–Kier alpha value is -2.98. The third-order valence-corrected chi connectivity index (χ3v) is 7.12. The number of piperidine rings is 1. The molecule has 0 aliphatic carbocycles. The van der Waals surface area contributed by atoms with E-state index in [-0.39, 0.29) is 41.3 Å². The average Bonchev–Trinajstić information content (AvgIpc) is 3.11. The number of hydrogen-bond donors (Lipinski definition) is 2. The number of primary amides is 1. The van der Waals surface area contributed by atoms with Crippen LogP contribution < -0.4 is 11.1 Å². The molecule has 0 atom stereocenters. The first-order valence-electron chi connectivity index (χ1n) is 9.48. The number of carbonyl (C=O) groups excluding carboxylic acids is 3. The molecule has 2 aromatic rings. The largest absolute Gasteiger partial charge is 0.364 e. The summed E-state index contributed by atoms with van der Waals surface area (Å²) in [5, 5.41) is 2.81. The summed E-state index contributed by atoms with van der Waals surface area (Å²) in [4.78, 5) is 35.3. The first-order chi connectivity index (χ1) is 14.1. The van der Waals surface area contributed by atoms with Crippen molar-refractivity contribution in [2.45, 2.75) is 24.7 Å². The highest BCUT2D eigenvalue weighted by Gasteiger charge is 2.33. The fourth-order valence-corrected chi connectivity index (χ4v) is 5.00. The van der Waals surface area contributed by atoms with Crippen molar-refractivity contribution in [1.29, 1.82) is 0 Å². The van der Waals surface area contributed by atoms with E-state index in [1.54, 1.807) is 31.3 Å². The maximum atomic E-state index is 12.9. The van der Waals surface area contributed by atoms with Crippen LogP contribution in [-0.2, 0) is 21.9 Å². The second kappa shape index (κ2) is 8.41. The number of rotatable bonds is 6. The minimum absolute atomic E-state index is 0.00672. The molecule has 2 amide bonds. The lowest BCUT2D eigenvalue weighted by molar-refractivity contribution is -0.120. The Labute approximate surface area is 174 Å². The van der Waals surface area contributed by atoms with E-state index in [1.807, 2.05) is 0 Å². The lowest BCUT2D eigenvalue weighted by Crippen LogP contribution is -2.41. The summed E-state index contributed by atoms with van der Waals surface area (Å²) in [7, 11) is -2.22. The summed E-state index contributed by atoms with van der Waals surface area (Å²) in [6.07, 6.45) is 2.12. The number of aryl methyl sites for hydroxylation is 1. The van der Waals surface area contributed by atoms with E-state index in [4.69, 9.17) is 5.73 Å². The number of nitrogens with two attached hydrogens (primary N) is 1. The molecule has 3 N–H and O–H groups in total. The summed E-state index contributed by atoms with van der Waals surface area (Å²) in [5.74, 6) is -1.26. The van der Waals surface area contributed by atoms with Gasteiger partial charge in [0.1, 0.15) is 10.6 Å². The Morgan fingerprint density at radius 3 is 2.20 bits per heavy atom. The van der Waals surface area contributed by atoms with Crippen molar-refractivity contribution in [1.82, 2.24) is 8.87 Å². The van der Waals surface area contributed by atoms with Gasteiger partial charge in [0.25, 0.3) is 5.91 Å². The Bertz CT molecular complexity index is 1080. The highest BCUT2D eigenvalue weighted by molar-refractivity contribution is 7.89. The fourth-order valence-electron chi connectivity index (χ4n) is 3.46. The van der Waals surface area contributed by atoms with E-state index < -0.39 is 15.9 Å². The predicted octanol–water partition coefficient (Wildman–Crippen LogP) is 1.37. The van der Waals surface area contributed by atoms with Crippen LogP contribution in [0.2, 0.25) is 0 Å². The van der Waals surface area contributed by atoms with Crippen molar-refractivity contribution in [2.75, 3.05) is 18.4 Å². The molecule has 0 unspecified atom stereocenters. The molecule has 160 valence electrons. The maximum Gasteiger partial charge on any atom is 0.265 e. The van der Waals surface area contributed by atoms with Gasteiger partial charge in [-0.3, -0.25) is 14.4 Å². The van der Waals surface area contributed by atoms with Gasteiger partial charge in [0.15, 0.2) is 5.78 Å².